The second kappa shape index (κ2) is 7.91. The van der Waals surface area contributed by atoms with E-state index in [0.29, 0.717) is 5.69 Å². The van der Waals surface area contributed by atoms with Crippen LogP contribution in [0.15, 0.2) is 30.6 Å². The molecular weight excluding hydrogens is 336 g/mol. The highest BCUT2D eigenvalue weighted by Gasteiger charge is 2.30. The Morgan fingerprint density at radius 1 is 0.926 bits per heavy atom. The van der Waals surface area contributed by atoms with E-state index in [9.17, 15) is 0 Å². The van der Waals surface area contributed by atoms with E-state index in [4.69, 9.17) is 5.26 Å². The fraction of sp³-hybridized carbons (Fsp3) is 0.524. The van der Waals surface area contributed by atoms with Crippen LogP contribution in [0.25, 0.3) is 0 Å². The van der Waals surface area contributed by atoms with Crippen LogP contribution in [0, 0.1) is 30.1 Å². The number of anilines is 2. The lowest BCUT2D eigenvalue weighted by molar-refractivity contribution is 0.232. The fourth-order valence-corrected chi connectivity index (χ4v) is 4.38. The van der Waals surface area contributed by atoms with Gasteiger partial charge in [-0.05, 0) is 62.1 Å². The number of hydrogen-bond acceptors (Lipinski definition) is 6. The highest BCUT2D eigenvalue weighted by Crippen LogP contribution is 2.34. The normalized spacial score (nSPS) is 19.1. The third-order valence-corrected chi connectivity index (χ3v) is 5.97. The average Bonchev–Trinajstić information content (AvgIpc) is 2.75. The number of nitriles is 1. The predicted octanol–water partition coefficient (Wildman–Crippen LogP) is 3.18. The summed E-state index contributed by atoms with van der Waals surface area (Å²) in [6, 6.07) is 7.84. The second-order valence-corrected chi connectivity index (χ2v) is 7.70. The molecule has 0 amide bonds. The Morgan fingerprint density at radius 2 is 1.52 bits per heavy atom. The van der Waals surface area contributed by atoms with Gasteiger partial charge in [-0.1, -0.05) is 6.07 Å². The monoisotopic (exact) mass is 362 g/mol. The van der Waals surface area contributed by atoms with Crippen LogP contribution >= 0.6 is 0 Å². The van der Waals surface area contributed by atoms with Crippen molar-refractivity contribution in [2.24, 2.45) is 11.8 Å². The van der Waals surface area contributed by atoms with Gasteiger partial charge in [-0.25, -0.2) is 15.0 Å². The number of aromatic nitrogens is 3. The number of hydrogen-bond donors (Lipinski definition) is 0. The van der Waals surface area contributed by atoms with Crippen molar-refractivity contribution in [3.05, 3.63) is 41.9 Å². The van der Waals surface area contributed by atoms with Gasteiger partial charge in [0.1, 0.15) is 17.6 Å². The average molecular weight is 362 g/mol. The van der Waals surface area contributed by atoms with Gasteiger partial charge in [0.25, 0.3) is 0 Å². The summed E-state index contributed by atoms with van der Waals surface area (Å²) in [5.41, 5.74) is 1.61. The van der Waals surface area contributed by atoms with Gasteiger partial charge < -0.3 is 9.80 Å². The minimum absolute atomic E-state index is 0.500. The van der Waals surface area contributed by atoms with E-state index in [-0.39, 0.29) is 0 Å². The molecule has 2 saturated heterocycles. The summed E-state index contributed by atoms with van der Waals surface area (Å²) in [7, 11) is 0. The smallest absolute Gasteiger partial charge is 0.225 e. The Morgan fingerprint density at radius 3 is 2.11 bits per heavy atom. The molecule has 2 aromatic rings. The molecule has 0 unspecified atom stereocenters. The van der Waals surface area contributed by atoms with Crippen LogP contribution in [-0.4, -0.2) is 41.1 Å². The summed E-state index contributed by atoms with van der Waals surface area (Å²) >= 11 is 0. The summed E-state index contributed by atoms with van der Waals surface area (Å²) in [4.78, 5) is 18.0. The Labute approximate surface area is 160 Å². The molecule has 140 valence electrons. The van der Waals surface area contributed by atoms with E-state index in [0.717, 1.165) is 55.3 Å². The molecule has 6 heteroatoms. The minimum Gasteiger partial charge on any atom is -0.357 e. The largest absolute Gasteiger partial charge is 0.357 e. The van der Waals surface area contributed by atoms with Crippen molar-refractivity contribution < 1.29 is 0 Å². The summed E-state index contributed by atoms with van der Waals surface area (Å²) in [5.74, 6) is 3.41. The van der Waals surface area contributed by atoms with Crippen molar-refractivity contribution in [1.29, 1.82) is 5.26 Å². The molecular formula is C21H26N6. The third kappa shape index (κ3) is 4.02. The van der Waals surface area contributed by atoms with Crippen LogP contribution in [0.5, 0.6) is 0 Å². The van der Waals surface area contributed by atoms with E-state index >= 15 is 0 Å². The molecule has 6 nitrogen and oxygen atoms in total. The van der Waals surface area contributed by atoms with Gasteiger partial charge in [0.2, 0.25) is 5.95 Å². The van der Waals surface area contributed by atoms with E-state index in [1.165, 1.54) is 25.7 Å². The molecule has 2 aliphatic heterocycles. The lowest BCUT2D eigenvalue weighted by atomic mass is 9.79. The first-order chi connectivity index (χ1) is 13.2. The van der Waals surface area contributed by atoms with Crippen LogP contribution in [0.3, 0.4) is 0 Å². The van der Waals surface area contributed by atoms with Crippen LogP contribution in [0.4, 0.5) is 11.8 Å². The standard InChI is InChI=1S/C21H26N6/c1-16-14-23-21(24-15-16)27-11-7-18(8-12-27)17-5-9-26(10-6-17)20-4-2-3-19(13-22)25-20/h2-4,14-15,17-18H,5-12H2,1H3. The Bertz CT molecular complexity index is 796. The number of piperidine rings is 2. The van der Waals surface area contributed by atoms with Gasteiger partial charge in [-0.15, -0.1) is 0 Å². The number of pyridine rings is 1. The Hall–Kier alpha value is -2.68. The summed E-state index contributed by atoms with van der Waals surface area (Å²) < 4.78 is 0. The highest BCUT2D eigenvalue weighted by atomic mass is 15.2. The van der Waals surface area contributed by atoms with Crippen molar-refractivity contribution in [2.45, 2.75) is 32.6 Å². The van der Waals surface area contributed by atoms with Crippen molar-refractivity contribution >= 4 is 11.8 Å². The van der Waals surface area contributed by atoms with Crippen molar-refractivity contribution in [3.63, 3.8) is 0 Å². The van der Waals surface area contributed by atoms with Crippen LogP contribution in [-0.2, 0) is 0 Å². The first-order valence-electron chi connectivity index (χ1n) is 9.88. The van der Waals surface area contributed by atoms with E-state index in [2.05, 4.69) is 30.8 Å². The van der Waals surface area contributed by atoms with Gasteiger partial charge in [0.05, 0.1) is 0 Å². The molecule has 0 aliphatic carbocycles. The predicted molar refractivity (Wildman–Crippen MR) is 106 cm³/mol. The topological polar surface area (TPSA) is 68.9 Å². The first kappa shape index (κ1) is 17.7. The lowest BCUT2D eigenvalue weighted by Gasteiger charge is -2.40. The lowest BCUT2D eigenvalue weighted by Crippen LogP contribution is -2.41. The zero-order valence-corrected chi connectivity index (χ0v) is 15.9. The molecule has 0 spiro atoms. The molecule has 0 bridgehead atoms. The molecule has 2 fully saturated rings. The molecule has 4 rings (SSSR count). The SMILES string of the molecule is Cc1cnc(N2CCC(C3CCN(c4cccc(C#N)n4)CC3)CC2)nc1. The highest BCUT2D eigenvalue weighted by molar-refractivity contribution is 5.42. The maximum Gasteiger partial charge on any atom is 0.225 e. The molecule has 0 N–H and O–H groups in total. The number of nitrogens with zero attached hydrogens (tertiary/aromatic N) is 6. The van der Waals surface area contributed by atoms with Crippen molar-refractivity contribution in [3.8, 4) is 6.07 Å². The van der Waals surface area contributed by atoms with E-state index < -0.39 is 0 Å². The van der Waals surface area contributed by atoms with Crippen LogP contribution in [0.2, 0.25) is 0 Å². The van der Waals surface area contributed by atoms with Gasteiger partial charge in [0.15, 0.2) is 0 Å². The Balaban J connectivity index is 1.29. The molecule has 2 aromatic heterocycles. The molecule has 0 atom stereocenters. The third-order valence-electron chi connectivity index (χ3n) is 5.97. The van der Waals surface area contributed by atoms with Crippen molar-refractivity contribution in [1.82, 2.24) is 15.0 Å². The maximum absolute atomic E-state index is 9.05. The minimum atomic E-state index is 0.500. The molecule has 2 aliphatic rings. The van der Waals surface area contributed by atoms with Crippen molar-refractivity contribution in [2.75, 3.05) is 36.0 Å². The quantitative estimate of drug-likeness (QED) is 0.835. The van der Waals surface area contributed by atoms with E-state index in [1.807, 2.05) is 31.5 Å². The van der Waals surface area contributed by atoms with Gasteiger partial charge >= 0.3 is 0 Å². The summed E-state index contributed by atoms with van der Waals surface area (Å²) in [6.45, 7) is 6.20. The van der Waals surface area contributed by atoms with Gasteiger partial charge in [-0.2, -0.15) is 5.26 Å². The number of aryl methyl sites for hydroxylation is 1. The number of rotatable bonds is 3. The van der Waals surface area contributed by atoms with E-state index in [1.54, 1.807) is 6.07 Å². The Kier molecular flexibility index (Phi) is 5.19. The van der Waals surface area contributed by atoms with Gasteiger partial charge in [-0.3, -0.25) is 0 Å². The van der Waals surface area contributed by atoms with Crippen LogP contribution < -0.4 is 9.80 Å². The summed E-state index contributed by atoms with van der Waals surface area (Å²) in [5, 5.41) is 9.05. The molecule has 4 heterocycles. The first-order valence-corrected chi connectivity index (χ1v) is 9.88. The van der Waals surface area contributed by atoms with Gasteiger partial charge in [0, 0.05) is 38.6 Å². The fourth-order valence-electron chi connectivity index (χ4n) is 4.38. The molecule has 27 heavy (non-hydrogen) atoms. The molecule has 0 saturated carbocycles. The van der Waals surface area contributed by atoms with Crippen LogP contribution in [0.1, 0.15) is 36.9 Å². The molecule has 0 aromatic carbocycles. The second-order valence-electron chi connectivity index (χ2n) is 7.70. The zero-order valence-electron chi connectivity index (χ0n) is 15.9. The molecule has 0 radical (unpaired) electrons. The maximum atomic E-state index is 9.05. The zero-order chi connectivity index (χ0) is 18.6. The summed E-state index contributed by atoms with van der Waals surface area (Å²) in [6.07, 6.45) is 8.68.